The van der Waals surface area contributed by atoms with Crippen LogP contribution in [0, 0.1) is 11.3 Å². The van der Waals surface area contributed by atoms with Crippen molar-refractivity contribution in [1.29, 1.82) is 5.26 Å². The van der Waals surface area contributed by atoms with Gasteiger partial charge >= 0.3 is 0 Å². The van der Waals surface area contributed by atoms with E-state index in [4.69, 9.17) is 15.8 Å². The third-order valence-electron chi connectivity index (χ3n) is 2.21. The number of ether oxygens (including phenoxy) is 1. The van der Waals surface area contributed by atoms with Crippen molar-refractivity contribution in [2.75, 3.05) is 13.2 Å². The lowest BCUT2D eigenvalue weighted by Gasteiger charge is -2.13. The molecule has 94 valence electrons. The van der Waals surface area contributed by atoms with Crippen molar-refractivity contribution in [3.05, 3.63) is 54.8 Å². The summed E-state index contributed by atoms with van der Waals surface area (Å²) in [5.74, 6) is 6.39. The van der Waals surface area contributed by atoms with Crippen molar-refractivity contribution >= 4 is 0 Å². The van der Waals surface area contributed by atoms with E-state index in [2.05, 4.69) is 12.6 Å². The molecule has 0 unspecified atom stereocenters. The Morgan fingerprint density at radius 1 is 1.50 bits per heavy atom. The van der Waals surface area contributed by atoms with Gasteiger partial charge in [0.2, 0.25) is 0 Å². The number of benzene rings is 1. The van der Waals surface area contributed by atoms with Gasteiger partial charge in [0.15, 0.2) is 0 Å². The van der Waals surface area contributed by atoms with Gasteiger partial charge in [0, 0.05) is 19.2 Å². The maximum Gasteiger partial charge on any atom is 0.120 e. The monoisotopic (exact) mass is 243 g/mol. The van der Waals surface area contributed by atoms with Crippen LogP contribution in [0.1, 0.15) is 12.0 Å². The molecule has 4 heteroatoms. The Balaban J connectivity index is 2.27. The summed E-state index contributed by atoms with van der Waals surface area (Å²) < 4.78 is 5.53. The van der Waals surface area contributed by atoms with Crippen LogP contribution in [0.25, 0.3) is 0 Å². The fourth-order valence-electron chi connectivity index (χ4n) is 1.34. The van der Waals surface area contributed by atoms with Gasteiger partial charge in [-0.3, -0.25) is 0 Å². The average Bonchev–Trinajstić information content (AvgIpc) is 2.41. The second-order valence-electron chi connectivity index (χ2n) is 3.66. The molecule has 0 fully saturated rings. The number of allylic oxidation sites excluding steroid dienone is 2. The topological polar surface area (TPSA) is 62.3 Å². The summed E-state index contributed by atoms with van der Waals surface area (Å²) in [6.45, 7) is 4.82. The first-order chi connectivity index (χ1) is 8.76. The Kier molecular flexibility index (Phi) is 6.09. The maximum absolute atomic E-state index is 8.74. The molecule has 18 heavy (non-hydrogen) atoms. The van der Waals surface area contributed by atoms with Gasteiger partial charge in [-0.15, -0.1) is 0 Å². The molecule has 4 nitrogen and oxygen atoms in total. The quantitative estimate of drug-likeness (QED) is 0.345. The summed E-state index contributed by atoms with van der Waals surface area (Å²) in [5.41, 5.74) is 0.599. The number of nitriles is 1. The van der Waals surface area contributed by atoms with E-state index >= 15 is 0 Å². The summed E-state index contributed by atoms with van der Waals surface area (Å²) in [5, 5.41) is 10.3. The Hall–Kier alpha value is -2.25. The molecule has 0 saturated heterocycles. The fraction of sp³-hybridized carbons (Fsp3) is 0.214. The number of hydrogen-bond acceptors (Lipinski definition) is 4. The fourth-order valence-corrected chi connectivity index (χ4v) is 1.34. The van der Waals surface area contributed by atoms with E-state index in [9.17, 15) is 0 Å². The van der Waals surface area contributed by atoms with E-state index in [0.717, 1.165) is 6.42 Å². The molecule has 0 aliphatic heterocycles. The molecule has 1 rings (SSSR count). The lowest BCUT2D eigenvalue weighted by atomic mass is 10.2. The summed E-state index contributed by atoms with van der Waals surface area (Å²) in [7, 11) is 0. The molecule has 0 saturated carbocycles. The van der Waals surface area contributed by atoms with Crippen LogP contribution >= 0.6 is 0 Å². The van der Waals surface area contributed by atoms with Crippen LogP contribution in [0.4, 0.5) is 0 Å². The van der Waals surface area contributed by atoms with Crippen LogP contribution in [0.5, 0.6) is 5.75 Å². The number of rotatable bonds is 7. The normalized spacial score (nSPS) is 10.0. The van der Waals surface area contributed by atoms with E-state index in [1.165, 1.54) is 0 Å². The summed E-state index contributed by atoms with van der Waals surface area (Å²) >= 11 is 0. The zero-order chi connectivity index (χ0) is 13.2. The first kappa shape index (κ1) is 13.8. The molecule has 0 radical (unpaired) electrons. The van der Waals surface area contributed by atoms with Gasteiger partial charge in [0.05, 0.1) is 18.2 Å². The number of nitrogens with two attached hydrogens (primary N) is 1. The van der Waals surface area contributed by atoms with Gasteiger partial charge in [-0.25, -0.2) is 5.84 Å². The van der Waals surface area contributed by atoms with Crippen molar-refractivity contribution in [2.45, 2.75) is 6.42 Å². The van der Waals surface area contributed by atoms with Gasteiger partial charge in [-0.2, -0.15) is 5.26 Å². The van der Waals surface area contributed by atoms with Crippen LogP contribution in [-0.4, -0.2) is 18.2 Å². The lowest BCUT2D eigenvalue weighted by molar-refractivity contribution is 0.279. The Morgan fingerprint density at radius 3 is 3.06 bits per heavy atom. The van der Waals surface area contributed by atoms with Crippen LogP contribution in [0.2, 0.25) is 0 Å². The molecular formula is C14H17N3O. The average molecular weight is 243 g/mol. The molecule has 1 aromatic carbocycles. The van der Waals surface area contributed by atoms with Gasteiger partial charge in [-0.05, 0) is 24.3 Å². The SMILES string of the molecule is C=C/C=C\N(N)CCCOc1cccc(C#N)c1. The highest BCUT2D eigenvalue weighted by Crippen LogP contribution is 2.12. The van der Waals surface area contributed by atoms with Crippen LogP contribution in [0.3, 0.4) is 0 Å². The molecule has 0 bridgehead atoms. The minimum Gasteiger partial charge on any atom is -0.493 e. The smallest absolute Gasteiger partial charge is 0.120 e. The van der Waals surface area contributed by atoms with Crippen molar-refractivity contribution in [1.82, 2.24) is 5.01 Å². The second kappa shape index (κ2) is 7.93. The predicted molar refractivity (Wildman–Crippen MR) is 71.5 cm³/mol. The highest BCUT2D eigenvalue weighted by atomic mass is 16.5. The molecule has 0 spiro atoms. The number of nitrogens with zero attached hydrogens (tertiary/aromatic N) is 2. The second-order valence-corrected chi connectivity index (χ2v) is 3.66. The first-order valence-electron chi connectivity index (χ1n) is 5.70. The van der Waals surface area contributed by atoms with Gasteiger partial charge in [0.25, 0.3) is 0 Å². The lowest BCUT2D eigenvalue weighted by Crippen LogP contribution is -2.27. The highest BCUT2D eigenvalue weighted by molar-refractivity contribution is 5.36. The molecule has 0 aliphatic rings. The van der Waals surface area contributed by atoms with Crippen LogP contribution < -0.4 is 10.6 Å². The van der Waals surface area contributed by atoms with E-state index in [1.54, 1.807) is 41.6 Å². The molecule has 0 atom stereocenters. The standard InChI is InChI=1S/C14H17N3O/c1-2-3-8-17(16)9-5-10-18-14-7-4-6-13(11-14)12-15/h2-4,6-8,11H,1,5,9-10,16H2/b8-3-. The van der Waals surface area contributed by atoms with Gasteiger partial charge in [0.1, 0.15) is 5.75 Å². The first-order valence-corrected chi connectivity index (χ1v) is 5.70. The van der Waals surface area contributed by atoms with E-state index in [0.29, 0.717) is 24.5 Å². The van der Waals surface area contributed by atoms with Crippen LogP contribution in [-0.2, 0) is 0 Å². The van der Waals surface area contributed by atoms with Crippen molar-refractivity contribution in [3.8, 4) is 11.8 Å². The third kappa shape index (κ3) is 5.19. The molecular weight excluding hydrogens is 226 g/mol. The Bertz CT molecular complexity index is 449. The maximum atomic E-state index is 8.74. The predicted octanol–water partition coefficient (Wildman–Crippen LogP) is 2.20. The third-order valence-corrected chi connectivity index (χ3v) is 2.21. The molecule has 0 amide bonds. The zero-order valence-electron chi connectivity index (χ0n) is 10.2. The molecule has 2 N–H and O–H groups in total. The zero-order valence-corrected chi connectivity index (χ0v) is 10.2. The van der Waals surface area contributed by atoms with Gasteiger partial charge < -0.3 is 9.75 Å². The largest absolute Gasteiger partial charge is 0.493 e. The molecule has 0 aliphatic carbocycles. The number of hydrazine groups is 1. The van der Waals surface area contributed by atoms with E-state index in [1.807, 2.05) is 6.07 Å². The Morgan fingerprint density at radius 2 is 2.33 bits per heavy atom. The van der Waals surface area contributed by atoms with Crippen molar-refractivity contribution < 1.29 is 4.74 Å². The van der Waals surface area contributed by atoms with Crippen molar-refractivity contribution in [3.63, 3.8) is 0 Å². The summed E-state index contributed by atoms with van der Waals surface area (Å²) in [6.07, 6.45) is 6.00. The minimum absolute atomic E-state index is 0.560. The number of hydrogen-bond donors (Lipinski definition) is 1. The summed E-state index contributed by atoms with van der Waals surface area (Å²) in [6, 6.07) is 9.17. The van der Waals surface area contributed by atoms with Crippen LogP contribution in [0.15, 0.2) is 49.2 Å². The molecule has 0 heterocycles. The van der Waals surface area contributed by atoms with Gasteiger partial charge in [-0.1, -0.05) is 18.7 Å². The van der Waals surface area contributed by atoms with Crippen molar-refractivity contribution in [2.24, 2.45) is 5.84 Å². The van der Waals surface area contributed by atoms with E-state index < -0.39 is 0 Å². The Labute approximate surface area is 108 Å². The van der Waals surface area contributed by atoms with E-state index in [-0.39, 0.29) is 0 Å². The molecule has 0 aromatic heterocycles. The molecule has 1 aromatic rings. The summed E-state index contributed by atoms with van der Waals surface area (Å²) in [4.78, 5) is 0. The minimum atomic E-state index is 0.560. The highest BCUT2D eigenvalue weighted by Gasteiger charge is 1.97.